The summed E-state index contributed by atoms with van der Waals surface area (Å²) in [5.41, 5.74) is -0.266. The van der Waals surface area contributed by atoms with Gasteiger partial charge >= 0.3 is 12.0 Å². The van der Waals surface area contributed by atoms with E-state index < -0.39 is 38.0 Å². The molecule has 1 aromatic carbocycles. The molecular formula is C36H61FN2O7Si. The second-order valence-corrected chi connectivity index (χ2v) is 19.5. The third-order valence-corrected chi connectivity index (χ3v) is 12.5. The Morgan fingerprint density at radius 1 is 1.06 bits per heavy atom. The molecule has 2 aliphatic heterocycles. The van der Waals surface area contributed by atoms with Gasteiger partial charge in [0.2, 0.25) is 0 Å². The minimum absolute atomic E-state index is 0.0835. The number of allylic oxidation sites excluding steroid dienone is 1. The molecule has 1 fully saturated rings. The molecule has 2 amide bonds. The number of aliphatic hydroxyl groups excluding tert-OH is 1. The summed E-state index contributed by atoms with van der Waals surface area (Å²) < 4.78 is 24.9. The van der Waals surface area contributed by atoms with Crippen LogP contribution in [-0.2, 0) is 30.5 Å². The summed E-state index contributed by atoms with van der Waals surface area (Å²) in [6.07, 6.45) is 2.14. The largest absolute Gasteiger partial charge is 0.461 e. The number of carbonyl (C=O) groups excluding carboxylic acids is 4. The molecular weight excluding hydrogens is 619 g/mol. The van der Waals surface area contributed by atoms with E-state index in [0.717, 1.165) is 10.5 Å². The maximum Gasteiger partial charge on any atom is 0.328 e. The number of aliphatic hydroxyl groups is 1. The van der Waals surface area contributed by atoms with Gasteiger partial charge in [0, 0.05) is 45.7 Å². The van der Waals surface area contributed by atoms with Crippen LogP contribution in [0.3, 0.4) is 0 Å². The first-order valence-corrected chi connectivity index (χ1v) is 19.6. The number of hydrogen-bond acceptors (Lipinski definition) is 7. The molecule has 2 heterocycles. The van der Waals surface area contributed by atoms with Gasteiger partial charge in [0.25, 0.3) is 0 Å². The number of urea groups is 1. The summed E-state index contributed by atoms with van der Waals surface area (Å²) in [5, 5.41) is 12.2. The van der Waals surface area contributed by atoms with Crippen molar-refractivity contribution in [1.82, 2.24) is 10.2 Å². The molecule has 0 radical (unpaired) electrons. The van der Waals surface area contributed by atoms with Gasteiger partial charge in [-0.1, -0.05) is 98.1 Å². The topological polar surface area (TPSA) is 122 Å². The van der Waals surface area contributed by atoms with Crippen LogP contribution >= 0.6 is 0 Å². The predicted molar refractivity (Wildman–Crippen MR) is 190 cm³/mol. The summed E-state index contributed by atoms with van der Waals surface area (Å²) in [7, 11) is -0.859. The summed E-state index contributed by atoms with van der Waals surface area (Å²) in [6, 6.07) is 9.11. The van der Waals surface area contributed by atoms with Crippen LogP contribution in [0.4, 0.5) is 9.18 Å². The molecule has 3 rings (SSSR count). The van der Waals surface area contributed by atoms with Crippen LogP contribution in [0.15, 0.2) is 54.9 Å². The number of benzene rings is 1. The predicted octanol–water partition coefficient (Wildman–Crippen LogP) is 7.97. The first-order chi connectivity index (χ1) is 21.5. The Bertz CT molecular complexity index is 1130. The number of ether oxygens (including phenoxy) is 2. The molecule has 11 heteroatoms. The van der Waals surface area contributed by atoms with E-state index in [2.05, 4.69) is 52.3 Å². The van der Waals surface area contributed by atoms with Crippen LogP contribution in [-0.4, -0.2) is 66.3 Å². The van der Waals surface area contributed by atoms with Gasteiger partial charge in [-0.25, -0.2) is 9.18 Å². The van der Waals surface area contributed by atoms with Crippen molar-refractivity contribution in [1.29, 1.82) is 0 Å². The Hall–Kier alpha value is -3.15. The highest BCUT2D eigenvalue weighted by atomic mass is 28.3. The average molecular weight is 681 g/mol. The van der Waals surface area contributed by atoms with Crippen molar-refractivity contribution < 1.29 is 38.1 Å². The highest BCUT2D eigenvalue weighted by Gasteiger charge is 2.55. The van der Waals surface area contributed by atoms with Crippen LogP contribution < -0.4 is 5.32 Å². The van der Waals surface area contributed by atoms with Crippen molar-refractivity contribution in [3.8, 4) is 0 Å². The smallest absolute Gasteiger partial charge is 0.328 e. The summed E-state index contributed by atoms with van der Waals surface area (Å²) in [6.45, 7) is 29.3. The molecule has 1 aromatic rings. The molecule has 0 bridgehead atoms. The fourth-order valence-corrected chi connectivity index (χ4v) is 3.32. The number of hydrogen-bond donors (Lipinski definition) is 2. The lowest BCUT2D eigenvalue weighted by molar-refractivity contribution is -0.142. The summed E-state index contributed by atoms with van der Waals surface area (Å²) in [4.78, 5) is 43.7. The van der Waals surface area contributed by atoms with E-state index >= 15 is 0 Å². The number of ketones is 2. The highest BCUT2D eigenvalue weighted by Crippen LogP contribution is 2.41. The molecule has 0 saturated carbocycles. The van der Waals surface area contributed by atoms with E-state index in [1.165, 1.54) is 33.9 Å². The fourth-order valence-electron chi connectivity index (χ4n) is 3.32. The lowest BCUT2D eigenvalue weighted by Gasteiger charge is -2.34. The van der Waals surface area contributed by atoms with Gasteiger partial charge in [-0.2, -0.15) is 0 Å². The van der Waals surface area contributed by atoms with Gasteiger partial charge in [0.05, 0.1) is 12.7 Å². The Morgan fingerprint density at radius 3 is 1.87 bits per heavy atom. The maximum atomic E-state index is 14.6. The third-order valence-electron chi connectivity index (χ3n) is 7.97. The molecule has 2 aliphatic rings. The first-order valence-electron chi connectivity index (χ1n) is 16.1. The number of rotatable bonds is 7. The van der Waals surface area contributed by atoms with Gasteiger partial charge < -0.3 is 29.5 Å². The second-order valence-electron chi connectivity index (χ2n) is 13.5. The molecule has 0 spiro atoms. The molecule has 9 nitrogen and oxygen atoms in total. The number of carbonyl (C=O) groups is 4. The number of amides is 2. The van der Waals surface area contributed by atoms with E-state index in [4.69, 9.17) is 14.6 Å². The quantitative estimate of drug-likeness (QED) is 0.221. The number of alkyl halides is 1. The zero-order valence-corrected chi connectivity index (χ0v) is 32.0. The van der Waals surface area contributed by atoms with Crippen LogP contribution in [0.1, 0.15) is 87.6 Å². The molecule has 0 aromatic heterocycles. The monoisotopic (exact) mass is 680 g/mol. The van der Waals surface area contributed by atoms with Crippen molar-refractivity contribution in [2.45, 2.75) is 131 Å². The minimum atomic E-state index is -1.73. The van der Waals surface area contributed by atoms with Gasteiger partial charge in [-0.05, 0) is 37.4 Å². The number of nitrogens with zero attached hydrogens (tertiary/aromatic N) is 1. The van der Waals surface area contributed by atoms with Gasteiger partial charge in [-0.15, -0.1) is 0 Å². The molecule has 47 heavy (non-hydrogen) atoms. The zero-order valence-electron chi connectivity index (χ0n) is 31.0. The third kappa shape index (κ3) is 18.1. The Kier molecular flexibility index (Phi) is 21.2. The van der Waals surface area contributed by atoms with E-state index in [1.807, 2.05) is 44.2 Å². The van der Waals surface area contributed by atoms with Crippen molar-refractivity contribution in [2.24, 2.45) is 5.92 Å². The Morgan fingerprint density at radius 2 is 1.53 bits per heavy atom. The molecule has 1 saturated heterocycles. The molecule has 0 unspecified atom stereocenters. The maximum absolute atomic E-state index is 14.6. The Balaban J connectivity index is 0. The lowest BCUT2D eigenvalue weighted by atomic mass is 9.89. The second kappa shape index (κ2) is 21.7. The van der Waals surface area contributed by atoms with Crippen molar-refractivity contribution >= 4 is 31.6 Å². The van der Waals surface area contributed by atoms with Crippen LogP contribution in [0.2, 0.25) is 24.7 Å². The van der Waals surface area contributed by atoms with Crippen molar-refractivity contribution in [2.75, 3.05) is 6.61 Å². The van der Waals surface area contributed by atoms with Crippen molar-refractivity contribution in [3.05, 3.63) is 60.4 Å². The number of Topliss-reactive ketones (excluding diaryl/α,β-unsaturated/α-hetero) is 2. The van der Waals surface area contributed by atoms with E-state index in [9.17, 15) is 23.6 Å². The van der Waals surface area contributed by atoms with Crippen LogP contribution in [0.5, 0.6) is 0 Å². The average Bonchev–Trinajstić information content (AvgIpc) is 3.20. The van der Waals surface area contributed by atoms with Gasteiger partial charge in [-0.3, -0.25) is 9.69 Å². The molecule has 4 atom stereocenters. The number of nitrogens with one attached hydrogen (secondary N) is 1. The van der Waals surface area contributed by atoms with Gasteiger partial charge in [0.15, 0.2) is 11.9 Å². The Labute approximate surface area is 284 Å². The van der Waals surface area contributed by atoms with Crippen molar-refractivity contribution in [3.63, 3.8) is 0 Å². The standard InChI is InChI=1S/C12H17FN2O3.C9H10O2.C7H18Si.C6H10O2.C2H6/c1-7-4-5-15(11(17)14-7)10-12(3,13)8(2)9(6-16)18-10;1-8(10)11-7-9-5-3-2-4-6-9;1-7(2,3)8(4,5)6;1-5(7)3-4-6(2)8;1-2/h4-5,8-10,16H,1,6H2,2-3H3,(H,14,17);2-6H,7H2,1H3;1-6H3;3-4H2,1-2H3;1-2H3/t8-,9-,10-,12-;;;;/m1..../s1. The minimum Gasteiger partial charge on any atom is -0.461 e. The zero-order chi connectivity index (χ0) is 37.2. The number of halogens is 1. The highest BCUT2D eigenvalue weighted by molar-refractivity contribution is 6.78. The fraction of sp³-hybridized carbons (Fsp3) is 0.611. The normalized spacial score (nSPS) is 21.6. The van der Waals surface area contributed by atoms with Gasteiger partial charge in [0.1, 0.15) is 18.2 Å². The van der Waals surface area contributed by atoms with E-state index in [1.54, 1.807) is 13.0 Å². The molecule has 268 valence electrons. The first kappa shape index (κ1) is 46.0. The lowest BCUT2D eigenvalue weighted by Crippen LogP contribution is -2.52. The van der Waals surface area contributed by atoms with E-state index in [-0.39, 0.29) is 24.1 Å². The van der Waals surface area contributed by atoms with Crippen LogP contribution in [0.25, 0.3) is 0 Å². The summed E-state index contributed by atoms with van der Waals surface area (Å²) >= 11 is 0. The van der Waals surface area contributed by atoms with E-state index in [0.29, 0.717) is 30.2 Å². The molecule has 2 N–H and O–H groups in total. The summed E-state index contributed by atoms with van der Waals surface area (Å²) in [5.74, 6) is -0.576. The number of esters is 1. The molecule has 0 aliphatic carbocycles. The SMILES string of the molecule is C=C1C=CN([C@@H]2O[C@H](CO)[C@@H](C)[C@@]2(C)F)C(=O)N1.CC.CC(=O)CCC(C)=O.CC(=O)OCc1ccccc1.CC(C)(C)[Si](C)(C)C. The van der Waals surface area contributed by atoms with Crippen LogP contribution in [0, 0.1) is 5.92 Å².